The summed E-state index contributed by atoms with van der Waals surface area (Å²) in [5.41, 5.74) is -0.381. The lowest BCUT2D eigenvalue weighted by Gasteiger charge is -2.18. The zero-order valence-electron chi connectivity index (χ0n) is 9.75. The van der Waals surface area contributed by atoms with E-state index in [4.69, 9.17) is 5.26 Å². The lowest BCUT2D eigenvalue weighted by Crippen LogP contribution is -2.32. The van der Waals surface area contributed by atoms with Gasteiger partial charge in [0.2, 0.25) is 5.95 Å². The topological polar surface area (TPSA) is 74.8 Å². The minimum atomic E-state index is -0.437. The molecule has 1 aliphatic rings. The highest BCUT2D eigenvalue weighted by molar-refractivity contribution is 7.99. The van der Waals surface area contributed by atoms with Crippen molar-refractivity contribution in [2.45, 2.75) is 25.0 Å². The van der Waals surface area contributed by atoms with Crippen LogP contribution >= 0.6 is 11.8 Å². The average Bonchev–Trinajstić information content (AvgIpc) is 2.74. The van der Waals surface area contributed by atoms with Crippen LogP contribution in [0.15, 0.2) is 9.95 Å². The third-order valence-electron chi connectivity index (χ3n) is 2.68. The second kappa shape index (κ2) is 4.75. The Bertz CT molecular complexity index is 516. The van der Waals surface area contributed by atoms with Crippen LogP contribution in [0.3, 0.4) is 0 Å². The fourth-order valence-corrected chi connectivity index (χ4v) is 2.75. The molecule has 0 fully saturated rings. The molecule has 2 rings (SSSR count). The molecule has 90 valence electrons. The SMILES string of the molecule is CCN(CC)c1nc2n(c(=O)n1)C(C#N)CS2. The van der Waals surface area contributed by atoms with E-state index in [1.54, 1.807) is 0 Å². The highest BCUT2D eigenvalue weighted by Gasteiger charge is 2.26. The molecule has 0 radical (unpaired) electrons. The predicted octanol–water partition coefficient (Wildman–Crippen LogP) is 0.655. The molecule has 0 N–H and O–H groups in total. The van der Waals surface area contributed by atoms with Gasteiger partial charge < -0.3 is 4.90 Å². The van der Waals surface area contributed by atoms with E-state index < -0.39 is 6.04 Å². The average molecular weight is 251 g/mol. The molecule has 0 aromatic carbocycles. The van der Waals surface area contributed by atoms with Crippen LogP contribution < -0.4 is 10.6 Å². The van der Waals surface area contributed by atoms with Crippen molar-refractivity contribution in [2.24, 2.45) is 0 Å². The van der Waals surface area contributed by atoms with E-state index in [2.05, 4.69) is 16.0 Å². The molecular formula is C10H13N5OS. The fraction of sp³-hybridized carbons (Fsp3) is 0.600. The second-order valence-corrected chi connectivity index (χ2v) is 4.57. The van der Waals surface area contributed by atoms with Crippen molar-refractivity contribution in [2.75, 3.05) is 23.7 Å². The Balaban J connectivity index is 2.47. The van der Waals surface area contributed by atoms with E-state index >= 15 is 0 Å². The maximum atomic E-state index is 11.9. The molecule has 0 bridgehead atoms. The molecule has 0 spiro atoms. The van der Waals surface area contributed by atoms with Gasteiger partial charge in [-0.05, 0) is 13.8 Å². The lowest BCUT2D eigenvalue weighted by molar-refractivity contribution is 0.568. The predicted molar refractivity (Wildman–Crippen MR) is 65.2 cm³/mol. The van der Waals surface area contributed by atoms with Crippen LogP contribution in [-0.4, -0.2) is 33.4 Å². The van der Waals surface area contributed by atoms with Crippen molar-refractivity contribution >= 4 is 17.7 Å². The first kappa shape index (κ1) is 11.9. The molecular weight excluding hydrogens is 238 g/mol. The molecule has 0 saturated heterocycles. The standard InChI is InChI=1S/C10H13N5OS/c1-3-14(4-2)8-12-9(16)15-7(5-11)6-17-10(15)13-8/h7H,3-4,6H2,1-2H3. The summed E-state index contributed by atoms with van der Waals surface area (Å²) in [6, 6.07) is 1.65. The van der Waals surface area contributed by atoms with Crippen molar-refractivity contribution in [3.05, 3.63) is 10.5 Å². The summed E-state index contributed by atoms with van der Waals surface area (Å²) in [6.45, 7) is 5.49. The number of thioether (sulfide) groups is 1. The molecule has 1 aromatic heterocycles. The number of hydrogen-bond donors (Lipinski definition) is 0. The zero-order chi connectivity index (χ0) is 12.4. The maximum absolute atomic E-state index is 11.9. The number of anilines is 1. The summed E-state index contributed by atoms with van der Waals surface area (Å²) >= 11 is 1.43. The van der Waals surface area contributed by atoms with Gasteiger partial charge in [0.15, 0.2) is 5.16 Å². The number of fused-ring (bicyclic) bond motifs is 1. The van der Waals surface area contributed by atoms with Crippen LogP contribution in [0.4, 0.5) is 5.95 Å². The largest absolute Gasteiger partial charge is 0.354 e. The highest BCUT2D eigenvalue weighted by Crippen LogP contribution is 2.29. The molecule has 1 aliphatic heterocycles. The normalized spacial score (nSPS) is 17.6. The van der Waals surface area contributed by atoms with E-state index in [0.29, 0.717) is 16.9 Å². The van der Waals surface area contributed by atoms with Crippen LogP contribution in [0.25, 0.3) is 0 Å². The van der Waals surface area contributed by atoms with Crippen LogP contribution in [0.5, 0.6) is 0 Å². The lowest BCUT2D eigenvalue weighted by atomic mass is 10.4. The van der Waals surface area contributed by atoms with Crippen LogP contribution in [0.2, 0.25) is 0 Å². The summed E-state index contributed by atoms with van der Waals surface area (Å²) < 4.78 is 1.37. The number of nitriles is 1. The Labute approximate surface area is 103 Å². The first-order chi connectivity index (χ1) is 8.21. The van der Waals surface area contributed by atoms with Gasteiger partial charge in [-0.3, -0.25) is 4.57 Å². The molecule has 6 nitrogen and oxygen atoms in total. The maximum Gasteiger partial charge on any atom is 0.354 e. The van der Waals surface area contributed by atoms with Gasteiger partial charge in [-0.25, -0.2) is 4.79 Å². The summed E-state index contributed by atoms with van der Waals surface area (Å²) in [5.74, 6) is 1.03. The monoisotopic (exact) mass is 251 g/mol. The third kappa shape index (κ3) is 2.00. The first-order valence-corrected chi connectivity index (χ1v) is 6.47. The molecule has 1 unspecified atom stereocenters. The van der Waals surface area contributed by atoms with Crippen LogP contribution in [0, 0.1) is 11.3 Å². The number of rotatable bonds is 3. The molecule has 1 aromatic rings. The summed E-state index contributed by atoms with van der Waals surface area (Å²) in [7, 11) is 0. The van der Waals surface area contributed by atoms with Gasteiger partial charge in [-0.2, -0.15) is 15.2 Å². The van der Waals surface area contributed by atoms with Gasteiger partial charge in [-0.15, -0.1) is 0 Å². The quantitative estimate of drug-likeness (QED) is 0.785. The van der Waals surface area contributed by atoms with E-state index in [1.165, 1.54) is 16.3 Å². The van der Waals surface area contributed by atoms with E-state index in [1.807, 2.05) is 18.7 Å². The minimum Gasteiger partial charge on any atom is -0.341 e. The third-order valence-corrected chi connectivity index (χ3v) is 3.71. The summed E-state index contributed by atoms with van der Waals surface area (Å²) in [5, 5.41) is 9.51. The van der Waals surface area contributed by atoms with Crippen molar-refractivity contribution in [1.29, 1.82) is 5.26 Å². The van der Waals surface area contributed by atoms with Crippen molar-refractivity contribution in [1.82, 2.24) is 14.5 Å². The highest BCUT2D eigenvalue weighted by atomic mass is 32.2. The first-order valence-electron chi connectivity index (χ1n) is 5.49. The Kier molecular flexibility index (Phi) is 3.33. The Hall–Kier alpha value is -1.55. The van der Waals surface area contributed by atoms with Gasteiger partial charge in [0, 0.05) is 18.8 Å². The molecule has 0 amide bonds. The number of aromatic nitrogens is 3. The van der Waals surface area contributed by atoms with Gasteiger partial charge in [0.25, 0.3) is 0 Å². The molecule has 17 heavy (non-hydrogen) atoms. The summed E-state index contributed by atoms with van der Waals surface area (Å²) in [4.78, 5) is 22.1. The van der Waals surface area contributed by atoms with Crippen molar-refractivity contribution in [3.8, 4) is 6.07 Å². The van der Waals surface area contributed by atoms with E-state index in [9.17, 15) is 4.79 Å². The molecule has 0 aliphatic carbocycles. The minimum absolute atomic E-state index is 0.381. The van der Waals surface area contributed by atoms with Crippen LogP contribution in [0.1, 0.15) is 19.9 Å². The zero-order valence-corrected chi connectivity index (χ0v) is 10.6. The van der Waals surface area contributed by atoms with Crippen LogP contribution in [-0.2, 0) is 0 Å². The van der Waals surface area contributed by atoms with Gasteiger partial charge >= 0.3 is 5.69 Å². The van der Waals surface area contributed by atoms with Crippen molar-refractivity contribution < 1.29 is 0 Å². The molecule has 2 heterocycles. The summed E-state index contributed by atoms with van der Waals surface area (Å²) in [6.07, 6.45) is 0. The van der Waals surface area contributed by atoms with E-state index in [0.717, 1.165) is 13.1 Å². The molecule has 1 atom stereocenters. The number of nitrogens with zero attached hydrogens (tertiary/aromatic N) is 5. The number of hydrogen-bond acceptors (Lipinski definition) is 6. The Morgan fingerprint density at radius 2 is 2.24 bits per heavy atom. The smallest absolute Gasteiger partial charge is 0.341 e. The Morgan fingerprint density at radius 1 is 1.53 bits per heavy atom. The van der Waals surface area contributed by atoms with E-state index in [-0.39, 0.29) is 5.69 Å². The van der Waals surface area contributed by atoms with Gasteiger partial charge in [-0.1, -0.05) is 11.8 Å². The van der Waals surface area contributed by atoms with Gasteiger partial charge in [0.1, 0.15) is 6.04 Å². The molecule has 7 heteroatoms. The fourth-order valence-electron chi connectivity index (χ4n) is 1.72. The second-order valence-electron chi connectivity index (χ2n) is 3.59. The molecule has 0 saturated carbocycles. The van der Waals surface area contributed by atoms with Gasteiger partial charge in [0.05, 0.1) is 6.07 Å². The van der Waals surface area contributed by atoms with Crippen molar-refractivity contribution in [3.63, 3.8) is 0 Å². The Morgan fingerprint density at radius 3 is 2.82 bits per heavy atom.